The Kier molecular flexibility index (Phi) is 3.57. The van der Waals surface area contributed by atoms with E-state index in [2.05, 4.69) is 10.1 Å². The molecule has 0 atom stereocenters. The van der Waals surface area contributed by atoms with Gasteiger partial charge in [0.25, 0.3) is 10.0 Å². The van der Waals surface area contributed by atoms with Crippen LogP contribution in [0.5, 0.6) is 5.75 Å². The fraction of sp³-hybridized carbons (Fsp3) is 0.333. The highest BCUT2D eigenvalue weighted by Gasteiger charge is 2.21. The van der Waals surface area contributed by atoms with Crippen LogP contribution in [0.25, 0.3) is 0 Å². The van der Waals surface area contributed by atoms with Crippen molar-refractivity contribution in [3.8, 4) is 5.75 Å². The minimum absolute atomic E-state index is 0.207. The second kappa shape index (κ2) is 5.00. The van der Waals surface area contributed by atoms with Gasteiger partial charge in [-0.1, -0.05) is 0 Å². The number of ether oxygens (including phenoxy) is 1. The van der Waals surface area contributed by atoms with E-state index >= 15 is 0 Å². The Hall–Kier alpha value is -1.89. The molecule has 0 aliphatic rings. The van der Waals surface area contributed by atoms with Gasteiger partial charge in [0.05, 0.1) is 11.5 Å². The molecule has 0 fully saturated rings. The highest BCUT2D eigenvalue weighted by atomic mass is 32.2. The van der Waals surface area contributed by atoms with Crippen molar-refractivity contribution in [1.82, 2.24) is 14.2 Å². The smallest absolute Gasteiger partial charge is 0.284 e. The van der Waals surface area contributed by atoms with Gasteiger partial charge >= 0.3 is 0 Å². The van der Waals surface area contributed by atoms with Crippen LogP contribution in [-0.2, 0) is 10.0 Å². The van der Waals surface area contributed by atoms with Gasteiger partial charge in [-0.2, -0.15) is 8.42 Å². The van der Waals surface area contributed by atoms with E-state index in [1.54, 1.807) is 19.1 Å². The fourth-order valence-electron chi connectivity index (χ4n) is 1.77. The first-order valence-electron chi connectivity index (χ1n) is 5.81. The zero-order chi connectivity index (χ0) is 14.0. The van der Waals surface area contributed by atoms with Crippen molar-refractivity contribution in [3.63, 3.8) is 0 Å². The topological polar surface area (TPSA) is 74.1 Å². The van der Waals surface area contributed by atoms with Crippen LogP contribution in [0.1, 0.15) is 18.1 Å². The number of hydrogen-bond acceptors (Lipinski definition) is 5. The van der Waals surface area contributed by atoms with E-state index in [4.69, 9.17) is 4.74 Å². The maximum absolute atomic E-state index is 12.4. The number of benzene rings is 1. The second-order valence-corrected chi connectivity index (χ2v) is 5.85. The average Bonchev–Trinajstić information content (AvgIpc) is 2.88. The quantitative estimate of drug-likeness (QED) is 0.849. The molecule has 7 heteroatoms. The predicted octanol–water partition coefficient (Wildman–Crippen LogP) is 1.53. The summed E-state index contributed by atoms with van der Waals surface area (Å²) in [6.45, 7) is 5.96. The molecule has 6 nitrogen and oxygen atoms in total. The fourth-order valence-corrected chi connectivity index (χ4v) is 3.11. The van der Waals surface area contributed by atoms with E-state index in [0.29, 0.717) is 17.9 Å². The summed E-state index contributed by atoms with van der Waals surface area (Å²) in [7, 11) is -3.69. The van der Waals surface area contributed by atoms with Crippen molar-refractivity contribution in [2.75, 3.05) is 6.61 Å². The Bertz CT molecular complexity index is 678. The summed E-state index contributed by atoms with van der Waals surface area (Å²) in [6, 6.07) is 3.32. The van der Waals surface area contributed by atoms with Gasteiger partial charge in [-0.25, -0.2) is 4.98 Å². The molecule has 0 aliphatic heterocycles. The molecular weight excluding hydrogens is 266 g/mol. The Morgan fingerprint density at radius 1 is 1.26 bits per heavy atom. The molecule has 0 saturated heterocycles. The zero-order valence-electron chi connectivity index (χ0n) is 11.0. The Morgan fingerprint density at radius 3 is 2.58 bits per heavy atom. The molecule has 1 heterocycles. The Morgan fingerprint density at radius 2 is 2.00 bits per heavy atom. The molecule has 1 aromatic heterocycles. The molecule has 0 radical (unpaired) electrons. The van der Waals surface area contributed by atoms with Gasteiger partial charge in [0.2, 0.25) is 0 Å². The lowest BCUT2D eigenvalue weighted by molar-refractivity contribution is 0.337. The van der Waals surface area contributed by atoms with Gasteiger partial charge in [-0.3, -0.25) is 0 Å². The van der Waals surface area contributed by atoms with Crippen LogP contribution in [0.4, 0.5) is 0 Å². The highest BCUT2D eigenvalue weighted by Crippen LogP contribution is 2.26. The summed E-state index contributed by atoms with van der Waals surface area (Å²) in [6.07, 6.45) is 2.36. The largest absolute Gasteiger partial charge is 0.494 e. The Labute approximate surface area is 112 Å². The highest BCUT2D eigenvalue weighted by molar-refractivity contribution is 7.89. The van der Waals surface area contributed by atoms with Crippen LogP contribution in [0.2, 0.25) is 0 Å². The van der Waals surface area contributed by atoms with Crippen molar-refractivity contribution in [3.05, 3.63) is 35.9 Å². The monoisotopic (exact) mass is 281 g/mol. The average molecular weight is 281 g/mol. The van der Waals surface area contributed by atoms with Crippen LogP contribution in [0.15, 0.2) is 29.7 Å². The summed E-state index contributed by atoms with van der Waals surface area (Å²) in [4.78, 5) is 3.87. The maximum atomic E-state index is 12.4. The summed E-state index contributed by atoms with van der Waals surface area (Å²) in [5.74, 6) is 0.692. The number of rotatable bonds is 4. The summed E-state index contributed by atoms with van der Waals surface area (Å²) in [5, 5.41) is 3.68. The number of aryl methyl sites for hydroxylation is 2. The van der Waals surface area contributed by atoms with Gasteiger partial charge in [0, 0.05) is 0 Å². The molecule has 0 N–H and O–H groups in total. The van der Waals surface area contributed by atoms with Gasteiger partial charge < -0.3 is 4.74 Å². The molecule has 0 bridgehead atoms. The first-order valence-corrected chi connectivity index (χ1v) is 7.25. The van der Waals surface area contributed by atoms with Crippen molar-refractivity contribution in [2.45, 2.75) is 25.7 Å². The van der Waals surface area contributed by atoms with E-state index in [1.807, 2.05) is 13.8 Å². The van der Waals surface area contributed by atoms with E-state index in [9.17, 15) is 8.42 Å². The van der Waals surface area contributed by atoms with Crippen LogP contribution >= 0.6 is 0 Å². The molecule has 0 saturated carbocycles. The zero-order valence-corrected chi connectivity index (χ0v) is 11.8. The lowest BCUT2D eigenvalue weighted by Gasteiger charge is -2.12. The summed E-state index contributed by atoms with van der Waals surface area (Å²) < 4.78 is 31.0. The van der Waals surface area contributed by atoms with Crippen LogP contribution in [-0.4, -0.2) is 29.2 Å². The van der Waals surface area contributed by atoms with Crippen molar-refractivity contribution in [2.24, 2.45) is 0 Å². The van der Waals surface area contributed by atoms with E-state index in [0.717, 1.165) is 9.65 Å². The molecule has 19 heavy (non-hydrogen) atoms. The molecule has 1 aromatic carbocycles. The minimum atomic E-state index is -3.69. The molecule has 2 aromatic rings. The Balaban J connectivity index is 2.55. The summed E-state index contributed by atoms with van der Waals surface area (Å²) in [5.41, 5.74) is 1.38. The maximum Gasteiger partial charge on any atom is 0.284 e. The van der Waals surface area contributed by atoms with Crippen LogP contribution in [0, 0.1) is 13.8 Å². The van der Waals surface area contributed by atoms with Crippen molar-refractivity contribution < 1.29 is 13.2 Å². The molecule has 0 spiro atoms. The standard InChI is InChI=1S/C12H15N3O3S/c1-4-18-11-5-10(3)12(6-9(11)2)19(16,17)15-8-13-7-14-15/h5-8H,4H2,1-3H3. The third kappa shape index (κ3) is 2.46. The van der Waals surface area contributed by atoms with Gasteiger partial charge in [-0.15, -0.1) is 9.19 Å². The van der Waals surface area contributed by atoms with Gasteiger partial charge in [0.1, 0.15) is 18.4 Å². The molecule has 102 valence electrons. The van der Waals surface area contributed by atoms with E-state index in [1.165, 1.54) is 12.7 Å². The first kappa shape index (κ1) is 13.5. The SMILES string of the molecule is CCOc1cc(C)c(S(=O)(=O)n2cncn2)cc1C. The first-order chi connectivity index (χ1) is 8.96. The van der Waals surface area contributed by atoms with Crippen molar-refractivity contribution in [1.29, 1.82) is 0 Å². The number of hydrogen-bond donors (Lipinski definition) is 0. The number of nitrogens with zero attached hydrogens (tertiary/aromatic N) is 3. The van der Waals surface area contributed by atoms with Crippen LogP contribution < -0.4 is 4.74 Å². The van der Waals surface area contributed by atoms with E-state index < -0.39 is 10.0 Å². The molecule has 0 amide bonds. The van der Waals surface area contributed by atoms with Gasteiger partial charge in [0.15, 0.2) is 0 Å². The molecule has 2 rings (SSSR count). The van der Waals surface area contributed by atoms with Crippen molar-refractivity contribution >= 4 is 10.0 Å². The number of aromatic nitrogens is 3. The lowest BCUT2D eigenvalue weighted by Crippen LogP contribution is -2.15. The normalized spacial score (nSPS) is 11.5. The summed E-state index contributed by atoms with van der Waals surface area (Å²) >= 11 is 0. The predicted molar refractivity (Wildman–Crippen MR) is 69.7 cm³/mol. The molecule has 0 aliphatic carbocycles. The molecular formula is C12H15N3O3S. The minimum Gasteiger partial charge on any atom is -0.494 e. The third-order valence-corrected chi connectivity index (χ3v) is 4.37. The van der Waals surface area contributed by atoms with Gasteiger partial charge in [-0.05, 0) is 44.0 Å². The lowest BCUT2D eigenvalue weighted by atomic mass is 10.1. The second-order valence-electron chi connectivity index (χ2n) is 4.09. The van der Waals surface area contributed by atoms with Crippen LogP contribution in [0.3, 0.4) is 0 Å². The molecule has 0 unspecified atom stereocenters. The third-order valence-electron chi connectivity index (χ3n) is 2.69. The van der Waals surface area contributed by atoms with E-state index in [-0.39, 0.29) is 4.90 Å².